The van der Waals surface area contributed by atoms with Crippen LogP contribution in [0, 0.1) is 0 Å². The number of aliphatic hydroxyl groups excluding tert-OH is 1. The van der Waals surface area contributed by atoms with Gasteiger partial charge in [0.25, 0.3) is 0 Å². The van der Waals surface area contributed by atoms with Crippen LogP contribution in [-0.4, -0.2) is 23.4 Å². The van der Waals surface area contributed by atoms with E-state index in [-0.39, 0.29) is 11.9 Å². The molecule has 0 atom stereocenters. The molecule has 0 amide bonds. The normalized spacial score (nSPS) is 29.7. The largest absolute Gasteiger partial charge is 0.507 e. The van der Waals surface area contributed by atoms with Crippen molar-refractivity contribution in [1.29, 1.82) is 0 Å². The van der Waals surface area contributed by atoms with Crippen molar-refractivity contribution in [3.8, 4) is 11.5 Å². The van der Waals surface area contributed by atoms with Crippen molar-refractivity contribution in [2.24, 2.45) is 5.73 Å². The van der Waals surface area contributed by atoms with Gasteiger partial charge in [-0.2, -0.15) is 0 Å². The van der Waals surface area contributed by atoms with E-state index in [0.717, 1.165) is 0 Å². The van der Waals surface area contributed by atoms with Crippen molar-refractivity contribution in [1.82, 2.24) is 0 Å². The van der Waals surface area contributed by atoms with E-state index in [4.69, 9.17) is 10.5 Å². The molecular formula is C11H15NO3. The average molecular weight is 209 g/mol. The fourth-order valence-electron chi connectivity index (χ4n) is 2.06. The summed E-state index contributed by atoms with van der Waals surface area (Å²) in [4.78, 5) is 0. The van der Waals surface area contributed by atoms with Gasteiger partial charge >= 0.3 is 0 Å². The first-order valence-electron chi connectivity index (χ1n) is 4.89. The van der Waals surface area contributed by atoms with Crippen LogP contribution < -0.4 is 10.5 Å². The van der Waals surface area contributed by atoms with Crippen molar-refractivity contribution in [2.75, 3.05) is 7.11 Å². The zero-order valence-corrected chi connectivity index (χ0v) is 8.60. The highest BCUT2D eigenvalue weighted by molar-refractivity contribution is 5.44. The number of aliphatic hydroxyl groups is 1. The van der Waals surface area contributed by atoms with Gasteiger partial charge < -0.3 is 20.7 Å². The van der Waals surface area contributed by atoms with Crippen LogP contribution in [0.25, 0.3) is 0 Å². The molecule has 0 aliphatic heterocycles. The lowest BCUT2D eigenvalue weighted by Gasteiger charge is -2.42. The molecule has 1 aromatic carbocycles. The Morgan fingerprint density at radius 2 is 2.13 bits per heavy atom. The maximum Gasteiger partial charge on any atom is 0.124 e. The van der Waals surface area contributed by atoms with E-state index < -0.39 is 5.54 Å². The molecule has 82 valence electrons. The Labute approximate surface area is 88.3 Å². The lowest BCUT2D eigenvalue weighted by molar-refractivity contribution is 0.0199. The summed E-state index contributed by atoms with van der Waals surface area (Å²) in [6.07, 6.45) is 0.635. The van der Waals surface area contributed by atoms with E-state index in [2.05, 4.69) is 0 Å². The zero-order chi connectivity index (χ0) is 11.1. The molecule has 0 spiro atoms. The highest BCUT2D eigenvalue weighted by atomic mass is 16.5. The third kappa shape index (κ3) is 1.66. The number of ether oxygens (including phenoxy) is 1. The third-order valence-electron chi connectivity index (χ3n) is 2.94. The van der Waals surface area contributed by atoms with Crippen molar-refractivity contribution in [3.05, 3.63) is 23.8 Å². The van der Waals surface area contributed by atoms with Crippen molar-refractivity contribution >= 4 is 0 Å². The number of benzene rings is 1. The molecule has 1 fully saturated rings. The number of methoxy groups -OCH3 is 1. The smallest absolute Gasteiger partial charge is 0.124 e. The fourth-order valence-corrected chi connectivity index (χ4v) is 2.06. The van der Waals surface area contributed by atoms with Gasteiger partial charge in [-0.15, -0.1) is 0 Å². The number of aromatic hydroxyl groups is 1. The number of hydrogen-bond acceptors (Lipinski definition) is 4. The van der Waals surface area contributed by atoms with Gasteiger partial charge in [0.1, 0.15) is 11.5 Å². The van der Waals surface area contributed by atoms with Gasteiger partial charge in [0.2, 0.25) is 0 Å². The van der Waals surface area contributed by atoms with E-state index in [9.17, 15) is 10.2 Å². The van der Waals surface area contributed by atoms with Gasteiger partial charge in [0.15, 0.2) is 0 Å². The molecule has 15 heavy (non-hydrogen) atoms. The molecule has 4 heteroatoms. The fraction of sp³-hybridized carbons (Fsp3) is 0.455. The van der Waals surface area contributed by atoms with Gasteiger partial charge in [0, 0.05) is 17.2 Å². The molecule has 4 N–H and O–H groups in total. The Morgan fingerprint density at radius 3 is 2.60 bits per heavy atom. The second-order valence-corrected chi connectivity index (χ2v) is 4.10. The van der Waals surface area contributed by atoms with Crippen LogP contribution in [0.2, 0.25) is 0 Å². The first-order valence-corrected chi connectivity index (χ1v) is 4.89. The maximum absolute atomic E-state index is 9.77. The van der Waals surface area contributed by atoms with Crippen molar-refractivity contribution in [3.63, 3.8) is 0 Å². The van der Waals surface area contributed by atoms with E-state index in [0.29, 0.717) is 24.2 Å². The summed E-state index contributed by atoms with van der Waals surface area (Å²) in [5.74, 6) is 0.725. The number of nitrogens with two attached hydrogens (primary N) is 1. The molecule has 0 aromatic heterocycles. The Morgan fingerprint density at radius 1 is 1.47 bits per heavy atom. The van der Waals surface area contributed by atoms with Crippen LogP contribution >= 0.6 is 0 Å². The summed E-state index contributed by atoms with van der Waals surface area (Å²) in [5.41, 5.74) is 6.13. The Kier molecular flexibility index (Phi) is 2.32. The van der Waals surface area contributed by atoms with Gasteiger partial charge in [-0.3, -0.25) is 0 Å². The lowest BCUT2D eigenvalue weighted by Crippen LogP contribution is -2.51. The minimum Gasteiger partial charge on any atom is -0.507 e. The summed E-state index contributed by atoms with van der Waals surface area (Å²) in [7, 11) is 1.54. The SMILES string of the molecule is COc1ccc(C2(N)CC(O)C2)c(O)c1. The van der Waals surface area contributed by atoms with Crippen molar-refractivity contribution < 1.29 is 14.9 Å². The number of rotatable bonds is 2. The van der Waals surface area contributed by atoms with Gasteiger partial charge in [0.05, 0.1) is 13.2 Å². The number of phenols is 1. The van der Waals surface area contributed by atoms with Crippen molar-refractivity contribution in [2.45, 2.75) is 24.5 Å². The Bertz CT molecular complexity index is 372. The quantitative estimate of drug-likeness (QED) is 0.670. The first-order chi connectivity index (χ1) is 7.05. The van der Waals surface area contributed by atoms with E-state index in [1.807, 2.05) is 0 Å². The highest BCUT2D eigenvalue weighted by Crippen LogP contribution is 2.43. The van der Waals surface area contributed by atoms with Gasteiger partial charge in [-0.05, 0) is 25.0 Å². The average Bonchev–Trinajstić information content (AvgIpc) is 2.15. The molecule has 0 radical (unpaired) electrons. The second kappa shape index (κ2) is 3.40. The molecule has 0 heterocycles. The molecule has 1 aliphatic carbocycles. The van der Waals surface area contributed by atoms with E-state index in [1.165, 1.54) is 6.07 Å². The van der Waals surface area contributed by atoms with Crippen LogP contribution in [0.5, 0.6) is 11.5 Å². The molecule has 0 bridgehead atoms. The summed E-state index contributed by atoms with van der Waals surface area (Å²) in [5, 5.41) is 19.0. The first kappa shape index (κ1) is 10.3. The van der Waals surface area contributed by atoms with E-state index in [1.54, 1.807) is 19.2 Å². The summed E-state index contributed by atoms with van der Waals surface area (Å²) >= 11 is 0. The second-order valence-electron chi connectivity index (χ2n) is 4.10. The maximum atomic E-state index is 9.77. The molecule has 1 aliphatic rings. The third-order valence-corrected chi connectivity index (χ3v) is 2.94. The highest BCUT2D eigenvalue weighted by Gasteiger charge is 2.42. The minimum absolute atomic E-state index is 0.128. The number of phenolic OH excluding ortho intramolecular Hbond substituents is 1. The molecular weight excluding hydrogens is 194 g/mol. The molecule has 0 unspecified atom stereocenters. The summed E-state index contributed by atoms with van der Waals surface area (Å²) in [6, 6.07) is 5.04. The Balaban J connectivity index is 2.29. The summed E-state index contributed by atoms with van der Waals surface area (Å²) in [6.45, 7) is 0. The predicted molar refractivity (Wildman–Crippen MR) is 55.8 cm³/mol. The van der Waals surface area contributed by atoms with Crippen LogP contribution in [-0.2, 0) is 5.54 Å². The van der Waals surface area contributed by atoms with Gasteiger partial charge in [-0.1, -0.05) is 0 Å². The molecule has 2 rings (SSSR count). The Hall–Kier alpha value is -1.26. The monoisotopic (exact) mass is 209 g/mol. The van der Waals surface area contributed by atoms with Crippen LogP contribution in [0.4, 0.5) is 0 Å². The molecule has 0 saturated heterocycles. The topological polar surface area (TPSA) is 75.7 Å². The summed E-state index contributed by atoms with van der Waals surface area (Å²) < 4.78 is 4.99. The van der Waals surface area contributed by atoms with Crippen LogP contribution in [0.1, 0.15) is 18.4 Å². The predicted octanol–water partition coefficient (Wildman–Crippen LogP) is 0.710. The zero-order valence-electron chi connectivity index (χ0n) is 8.60. The number of hydrogen-bond donors (Lipinski definition) is 3. The standard InChI is InChI=1S/C11H15NO3/c1-15-8-2-3-9(10(14)4-8)11(12)5-7(13)6-11/h2-4,7,13-14H,5-6,12H2,1H3. The van der Waals surface area contributed by atoms with Crippen LogP contribution in [0.3, 0.4) is 0 Å². The molecule has 1 aromatic rings. The van der Waals surface area contributed by atoms with Gasteiger partial charge in [-0.25, -0.2) is 0 Å². The lowest BCUT2D eigenvalue weighted by atomic mass is 9.70. The van der Waals surface area contributed by atoms with Crippen LogP contribution in [0.15, 0.2) is 18.2 Å². The molecule has 1 saturated carbocycles. The molecule has 4 nitrogen and oxygen atoms in total. The minimum atomic E-state index is -0.588. The van der Waals surface area contributed by atoms with E-state index >= 15 is 0 Å².